The second-order valence-electron chi connectivity index (χ2n) is 6.50. The van der Waals surface area contributed by atoms with Crippen LogP contribution in [0, 0.1) is 13.8 Å². The van der Waals surface area contributed by atoms with Crippen LogP contribution in [0.15, 0.2) is 91.1 Å². The minimum absolute atomic E-state index is 0.920. The van der Waals surface area contributed by atoms with Crippen molar-refractivity contribution in [2.45, 2.75) is 13.8 Å². The van der Waals surface area contributed by atoms with Gasteiger partial charge in [-0.15, -0.1) is 0 Å². The molecule has 0 N–H and O–H groups in total. The Balaban J connectivity index is 1.84. The van der Waals surface area contributed by atoms with Crippen LogP contribution in [0.4, 0.5) is 17.1 Å². The van der Waals surface area contributed by atoms with Gasteiger partial charge in [0.25, 0.3) is 0 Å². The van der Waals surface area contributed by atoms with E-state index in [4.69, 9.17) is 0 Å². The Labute approximate surface area is 160 Å². The van der Waals surface area contributed by atoms with Crippen LogP contribution in [-0.2, 0) is 0 Å². The van der Waals surface area contributed by atoms with Crippen LogP contribution in [0.1, 0.15) is 11.4 Å². The highest BCUT2D eigenvalue weighted by atomic mass is 15.1. The van der Waals surface area contributed by atoms with Gasteiger partial charge in [-0.2, -0.15) is 0 Å². The Morgan fingerprint density at radius 1 is 0.667 bits per heavy atom. The predicted octanol–water partition coefficient (Wildman–Crippen LogP) is 6.23. The van der Waals surface area contributed by atoms with Crippen LogP contribution in [-0.4, -0.2) is 9.97 Å². The summed E-state index contributed by atoms with van der Waals surface area (Å²) in [7, 11) is 0. The summed E-state index contributed by atoms with van der Waals surface area (Å²) in [6.45, 7) is 3.97. The lowest BCUT2D eigenvalue weighted by Crippen LogP contribution is -2.09. The highest BCUT2D eigenvalue weighted by Gasteiger charge is 2.13. The number of nitrogens with zero attached hydrogens (tertiary/aromatic N) is 3. The SMILES string of the molecule is Cc1cnc(-c2cccc(N(c3ccccc3)c3ccccc3)c2)c(C)n1. The molecule has 1 heterocycles. The van der Waals surface area contributed by atoms with Gasteiger partial charge in [-0.25, -0.2) is 0 Å². The number of anilines is 3. The van der Waals surface area contributed by atoms with Crippen molar-refractivity contribution in [2.24, 2.45) is 0 Å². The quantitative estimate of drug-likeness (QED) is 0.436. The molecule has 0 atom stereocenters. The molecular weight excluding hydrogens is 330 g/mol. The van der Waals surface area contributed by atoms with E-state index in [2.05, 4.69) is 87.7 Å². The number of rotatable bonds is 4. The van der Waals surface area contributed by atoms with Gasteiger partial charge in [0.05, 0.1) is 17.1 Å². The van der Waals surface area contributed by atoms with E-state index in [-0.39, 0.29) is 0 Å². The summed E-state index contributed by atoms with van der Waals surface area (Å²) in [5.74, 6) is 0. The summed E-state index contributed by atoms with van der Waals surface area (Å²) < 4.78 is 0. The summed E-state index contributed by atoms with van der Waals surface area (Å²) in [6, 6.07) is 29.3. The van der Waals surface area contributed by atoms with Crippen molar-refractivity contribution in [1.82, 2.24) is 9.97 Å². The molecule has 0 fully saturated rings. The molecule has 4 aromatic rings. The van der Waals surface area contributed by atoms with E-state index in [1.165, 1.54) is 0 Å². The Kier molecular flexibility index (Phi) is 4.67. The molecule has 132 valence electrons. The van der Waals surface area contributed by atoms with Gasteiger partial charge in [-0.05, 0) is 50.2 Å². The standard InChI is InChI=1S/C24H21N3/c1-18-17-25-24(19(2)26-18)20-10-9-15-23(16-20)27(21-11-5-3-6-12-21)22-13-7-4-8-14-22/h3-17H,1-2H3. The first kappa shape index (κ1) is 17.0. The third kappa shape index (κ3) is 3.58. The lowest BCUT2D eigenvalue weighted by molar-refractivity contribution is 1.06. The molecule has 0 aliphatic rings. The van der Waals surface area contributed by atoms with E-state index in [9.17, 15) is 0 Å². The maximum absolute atomic E-state index is 4.61. The molecule has 0 unspecified atom stereocenters. The van der Waals surface area contributed by atoms with Crippen molar-refractivity contribution >= 4 is 17.1 Å². The van der Waals surface area contributed by atoms with E-state index in [1.54, 1.807) is 0 Å². The zero-order chi connectivity index (χ0) is 18.6. The van der Waals surface area contributed by atoms with Crippen LogP contribution >= 0.6 is 0 Å². The highest BCUT2D eigenvalue weighted by molar-refractivity contribution is 5.79. The van der Waals surface area contributed by atoms with Crippen molar-refractivity contribution in [3.63, 3.8) is 0 Å². The Morgan fingerprint density at radius 2 is 1.26 bits per heavy atom. The molecule has 0 bridgehead atoms. The van der Waals surface area contributed by atoms with Gasteiger partial charge >= 0.3 is 0 Å². The summed E-state index contributed by atoms with van der Waals surface area (Å²) in [5, 5.41) is 0. The van der Waals surface area contributed by atoms with Gasteiger partial charge < -0.3 is 4.90 Å². The van der Waals surface area contributed by atoms with Crippen molar-refractivity contribution in [3.05, 3.63) is 103 Å². The first-order valence-electron chi connectivity index (χ1n) is 9.03. The average Bonchev–Trinajstić information content (AvgIpc) is 2.70. The molecule has 0 spiro atoms. The zero-order valence-electron chi connectivity index (χ0n) is 15.5. The molecule has 0 aliphatic carbocycles. The summed E-state index contributed by atoms with van der Waals surface area (Å²) in [5.41, 5.74) is 7.19. The van der Waals surface area contributed by atoms with E-state index < -0.39 is 0 Å². The van der Waals surface area contributed by atoms with Crippen LogP contribution in [0.25, 0.3) is 11.3 Å². The van der Waals surface area contributed by atoms with Crippen LogP contribution in [0.2, 0.25) is 0 Å². The highest BCUT2D eigenvalue weighted by Crippen LogP contribution is 2.36. The van der Waals surface area contributed by atoms with Crippen molar-refractivity contribution in [2.75, 3.05) is 4.90 Å². The number of para-hydroxylation sites is 2. The van der Waals surface area contributed by atoms with Crippen molar-refractivity contribution < 1.29 is 0 Å². The fourth-order valence-electron chi connectivity index (χ4n) is 3.27. The fraction of sp³-hybridized carbons (Fsp3) is 0.0833. The molecule has 27 heavy (non-hydrogen) atoms. The minimum Gasteiger partial charge on any atom is -0.310 e. The lowest BCUT2D eigenvalue weighted by Gasteiger charge is -2.25. The third-order valence-corrected chi connectivity index (χ3v) is 4.47. The monoisotopic (exact) mass is 351 g/mol. The number of aromatic nitrogens is 2. The van der Waals surface area contributed by atoms with Crippen LogP contribution in [0.5, 0.6) is 0 Å². The third-order valence-electron chi connectivity index (χ3n) is 4.47. The first-order valence-corrected chi connectivity index (χ1v) is 9.03. The summed E-state index contributed by atoms with van der Waals surface area (Å²) >= 11 is 0. The van der Waals surface area contributed by atoms with Crippen molar-refractivity contribution in [3.8, 4) is 11.3 Å². The van der Waals surface area contributed by atoms with Gasteiger partial charge in [-0.1, -0.05) is 48.5 Å². The molecule has 1 aromatic heterocycles. The number of aryl methyl sites for hydroxylation is 2. The topological polar surface area (TPSA) is 29.0 Å². The molecule has 3 aromatic carbocycles. The molecule has 0 aliphatic heterocycles. The van der Waals surface area contributed by atoms with Gasteiger partial charge in [0.2, 0.25) is 0 Å². The largest absolute Gasteiger partial charge is 0.310 e. The van der Waals surface area contributed by atoms with Crippen molar-refractivity contribution in [1.29, 1.82) is 0 Å². The van der Waals surface area contributed by atoms with Crippen LogP contribution < -0.4 is 4.90 Å². The van der Waals surface area contributed by atoms with Crippen LogP contribution in [0.3, 0.4) is 0 Å². The Morgan fingerprint density at radius 3 is 1.85 bits per heavy atom. The van der Waals surface area contributed by atoms with E-state index >= 15 is 0 Å². The maximum Gasteiger partial charge on any atom is 0.0915 e. The number of hydrogen-bond acceptors (Lipinski definition) is 3. The lowest BCUT2D eigenvalue weighted by atomic mass is 10.1. The van der Waals surface area contributed by atoms with Gasteiger partial charge in [-0.3, -0.25) is 9.97 Å². The maximum atomic E-state index is 4.61. The second kappa shape index (κ2) is 7.42. The molecule has 0 saturated carbocycles. The zero-order valence-corrected chi connectivity index (χ0v) is 15.5. The van der Waals surface area contributed by atoms with Gasteiger partial charge in [0.15, 0.2) is 0 Å². The Bertz CT molecular complexity index is 1000. The van der Waals surface area contributed by atoms with E-state index in [0.717, 1.165) is 39.7 Å². The minimum atomic E-state index is 0.920. The Hall–Kier alpha value is -3.46. The van der Waals surface area contributed by atoms with Gasteiger partial charge in [0.1, 0.15) is 0 Å². The normalized spacial score (nSPS) is 10.6. The van der Waals surface area contributed by atoms with Gasteiger partial charge in [0, 0.05) is 28.8 Å². The summed E-state index contributed by atoms with van der Waals surface area (Å²) in [4.78, 5) is 11.4. The second-order valence-corrected chi connectivity index (χ2v) is 6.50. The number of hydrogen-bond donors (Lipinski definition) is 0. The molecule has 0 amide bonds. The molecule has 0 saturated heterocycles. The first-order chi connectivity index (χ1) is 13.2. The molecule has 4 rings (SSSR count). The van der Waals surface area contributed by atoms with E-state index in [1.807, 2.05) is 32.2 Å². The smallest absolute Gasteiger partial charge is 0.0915 e. The predicted molar refractivity (Wildman–Crippen MR) is 112 cm³/mol. The molecule has 3 nitrogen and oxygen atoms in total. The average molecular weight is 351 g/mol. The number of benzene rings is 3. The fourth-order valence-corrected chi connectivity index (χ4v) is 3.27. The molecular formula is C24H21N3. The summed E-state index contributed by atoms with van der Waals surface area (Å²) in [6.07, 6.45) is 1.82. The molecule has 0 radical (unpaired) electrons. The van der Waals surface area contributed by atoms with E-state index in [0.29, 0.717) is 0 Å². The molecule has 3 heteroatoms.